The van der Waals surface area contributed by atoms with E-state index in [0.717, 1.165) is 50.5 Å². The summed E-state index contributed by atoms with van der Waals surface area (Å²) < 4.78 is 0. The van der Waals surface area contributed by atoms with Gasteiger partial charge >= 0.3 is 6.03 Å². The first kappa shape index (κ1) is 23.6. The average molecular weight is 496 g/mol. The van der Waals surface area contributed by atoms with Crippen LogP contribution in [0.4, 0.5) is 15.3 Å². The third kappa shape index (κ3) is 5.11. The molecule has 5 rings (SSSR count). The molecule has 1 unspecified atom stereocenters. The van der Waals surface area contributed by atoms with E-state index >= 15 is 0 Å². The topological polar surface area (TPSA) is 78.5 Å². The second kappa shape index (κ2) is 10.3. The number of anilines is 1. The molecule has 1 heterocycles. The number of fused-ring (bicyclic) bond motifs is 1. The van der Waals surface area contributed by atoms with E-state index < -0.39 is 5.25 Å². The number of nitrogens with one attached hydrogen (secondary N) is 2. The lowest BCUT2D eigenvalue weighted by atomic mass is 9.92. The Kier molecular flexibility index (Phi) is 6.73. The molecule has 7 heteroatoms. The smallest absolute Gasteiger partial charge is 0.321 e. The van der Waals surface area contributed by atoms with Gasteiger partial charge in [0.25, 0.3) is 5.24 Å². The van der Waals surface area contributed by atoms with E-state index in [1.807, 2.05) is 91.0 Å². The molecule has 4 aromatic rings. The number of carbonyl (C=O) groups is 3. The van der Waals surface area contributed by atoms with Crippen molar-refractivity contribution in [3.63, 3.8) is 0 Å². The number of benzene rings is 4. The monoisotopic (exact) mass is 495 g/mol. The summed E-state index contributed by atoms with van der Waals surface area (Å²) in [5.41, 5.74) is 4.62. The van der Waals surface area contributed by atoms with Crippen LogP contribution < -0.4 is 10.6 Å². The van der Waals surface area contributed by atoms with Crippen molar-refractivity contribution in [3.8, 4) is 11.1 Å². The second-order valence-electron chi connectivity index (χ2n) is 8.74. The Hall–Kier alpha value is -4.10. The molecule has 0 saturated carbocycles. The van der Waals surface area contributed by atoms with Gasteiger partial charge in [0.15, 0.2) is 0 Å². The van der Waals surface area contributed by atoms with E-state index in [9.17, 15) is 14.4 Å². The highest BCUT2D eigenvalue weighted by atomic mass is 32.2. The molecule has 1 aliphatic rings. The predicted molar refractivity (Wildman–Crippen MR) is 145 cm³/mol. The number of amides is 4. The first-order valence-electron chi connectivity index (χ1n) is 11.7. The summed E-state index contributed by atoms with van der Waals surface area (Å²) in [6.07, 6.45) is 0.392. The molecule has 1 atom stereocenters. The van der Waals surface area contributed by atoms with Crippen LogP contribution in [0.25, 0.3) is 21.9 Å². The fraction of sp³-hybridized carbons (Fsp3) is 0.138. The summed E-state index contributed by atoms with van der Waals surface area (Å²) in [6.45, 7) is 0.350. The maximum absolute atomic E-state index is 13.1. The zero-order valence-electron chi connectivity index (χ0n) is 19.7. The molecule has 0 aromatic heterocycles. The summed E-state index contributed by atoms with van der Waals surface area (Å²) in [6, 6.07) is 29.5. The van der Waals surface area contributed by atoms with Crippen LogP contribution in [0.2, 0.25) is 0 Å². The molecule has 0 radical (unpaired) electrons. The van der Waals surface area contributed by atoms with Crippen LogP contribution >= 0.6 is 11.8 Å². The Labute approximate surface area is 213 Å². The number of carbonyl (C=O) groups excluding carboxylic acids is 3. The van der Waals surface area contributed by atoms with Crippen LogP contribution in [0.5, 0.6) is 0 Å². The SMILES string of the molecule is CN(Cc1cccc(-c2ccccc2)c1CC1SC(=O)NC1=O)C(=O)Nc1ccc2ccccc2c1. The molecule has 4 amide bonds. The molecule has 36 heavy (non-hydrogen) atoms. The number of nitrogens with zero attached hydrogens (tertiary/aromatic N) is 1. The highest BCUT2D eigenvalue weighted by molar-refractivity contribution is 8.15. The van der Waals surface area contributed by atoms with Crippen molar-refractivity contribution in [1.29, 1.82) is 0 Å². The van der Waals surface area contributed by atoms with Crippen molar-refractivity contribution in [3.05, 3.63) is 102 Å². The van der Waals surface area contributed by atoms with Crippen molar-refractivity contribution in [1.82, 2.24) is 10.2 Å². The highest BCUT2D eigenvalue weighted by Gasteiger charge is 2.33. The van der Waals surface area contributed by atoms with E-state index in [2.05, 4.69) is 10.6 Å². The van der Waals surface area contributed by atoms with Gasteiger partial charge in [0.05, 0.1) is 5.25 Å². The number of urea groups is 1. The predicted octanol–water partition coefficient (Wildman–Crippen LogP) is 6.06. The minimum Gasteiger partial charge on any atom is -0.323 e. The van der Waals surface area contributed by atoms with E-state index in [-0.39, 0.29) is 17.2 Å². The molecule has 1 saturated heterocycles. The van der Waals surface area contributed by atoms with Crippen molar-refractivity contribution in [2.75, 3.05) is 12.4 Å². The van der Waals surface area contributed by atoms with Gasteiger partial charge in [-0.15, -0.1) is 0 Å². The Bertz CT molecular complexity index is 1450. The standard InChI is InChI=1S/C29H25N3O3S/c1-32(28(34)30-23-15-14-19-8-5-6-11-21(19)16-23)18-22-12-7-13-24(20-9-3-2-4-10-20)25(22)17-26-27(33)31-29(35)36-26/h2-16,26H,17-18H2,1H3,(H,30,34)(H,31,33,35). The molecule has 1 aliphatic heterocycles. The second-order valence-corrected chi connectivity index (χ2v) is 9.92. The quantitative estimate of drug-likeness (QED) is 0.341. The molecule has 1 fully saturated rings. The van der Waals surface area contributed by atoms with Gasteiger partial charge in [-0.25, -0.2) is 4.79 Å². The minimum absolute atomic E-state index is 0.232. The largest absolute Gasteiger partial charge is 0.323 e. The highest BCUT2D eigenvalue weighted by Crippen LogP contribution is 2.32. The van der Waals surface area contributed by atoms with Crippen LogP contribution in [0, 0.1) is 0 Å². The van der Waals surface area contributed by atoms with Gasteiger partial charge in [-0.1, -0.05) is 90.6 Å². The van der Waals surface area contributed by atoms with Crippen LogP contribution in [0.1, 0.15) is 11.1 Å². The lowest BCUT2D eigenvalue weighted by Gasteiger charge is -2.22. The van der Waals surface area contributed by atoms with Crippen LogP contribution in [-0.4, -0.2) is 34.4 Å². The number of hydrogen-bond donors (Lipinski definition) is 2. The maximum Gasteiger partial charge on any atom is 0.321 e. The zero-order chi connectivity index (χ0) is 25.1. The first-order chi connectivity index (χ1) is 17.5. The molecular formula is C29H25N3O3S. The van der Waals surface area contributed by atoms with Gasteiger partial charge in [-0.3, -0.25) is 14.9 Å². The molecular weight excluding hydrogens is 470 g/mol. The summed E-state index contributed by atoms with van der Waals surface area (Å²) in [7, 11) is 1.75. The number of rotatable bonds is 6. The van der Waals surface area contributed by atoms with Gasteiger partial charge in [0, 0.05) is 19.3 Å². The fourth-order valence-electron chi connectivity index (χ4n) is 4.44. The number of imide groups is 1. The van der Waals surface area contributed by atoms with E-state index in [4.69, 9.17) is 0 Å². The van der Waals surface area contributed by atoms with Gasteiger partial charge in [0.1, 0.15) is 0 Å². The number of hydrogen-bond acceptors (Lipinski definition) is 4. The third-order valence-electron chi connectivity index (χ3n) is 6.27. The van der Waals surface area contributed by atoms with Gasteiger partial charge in [-0.2, -0.15) is 0 Å². The van der Waals surface area contributed by atoms with E-state index in [1.54, 1.807) is 11.9 Å². The van der Waals surface area contributed by atoms with Crippen LogP contribution in [0.3, 0.4) is 0 Å². The van der Waals surface area contributed by atoms with Crippen LogP contribution in [-0.2, 0) is 17.8 Å². The molecule has 0 bridgehead atoms. The Morgan fingerprint density at radius 2 is 1.67 bits per heavy atom. The molecule has 6 nitrogen and oxygen atoms in total. The molecule has 0 spiro atoms. The minimum atomic E-state index is -0.502. The Morgan fingerprint density at radius 3 is 2.42 bits per heavy atom. The summed E-state index contributed by atoms with van der Waals surface area (Å²) in [5, 5.41) is 6.69. The normalized spacial score (nSPS) is 15.1. The lowest BCUT2D eigenvalue weighted by molar-refractivity contribution is -0.118. The third-order valence-corrected chi connectivity index (χ3v) is 7.25. The molecule has 180 valence electrons. The Morgan fingerprint density at radius 1 is 0.917 bits per heavy atom. The summed E-state index contributed by atoms with van der Waals surface area (Å²) in [5.74, 6) is -0.277. The fourth-order valence-corrected chi connectivity index (χ4v) is 5.27. The van der Waals surface area contributed by atoms with Crippen molar-refractivity contribution in [2.24, 2.45) is 0 Å². The van der Waals surface area contributed by atoms with Gasteiger partial charge < -0.3 is 10.2 Å². The van der Waals surface area contributed by atoms with Gasteiger partial charge in [-0.05, 0) is 51.6 Å². The summed E-state index contributed by atoms with van der Waals surface area (Å²) in [4.78, 5) is 38.8. The number of thioether (sulfide) groups is 1. The Balaban J connectivity index is 1.40. The zero-order valence-corrected chi connectivity index (χ0v) is 20.5. The van der Waals surface area contributed by atoms with E-state index in [1.165, 1.54) is 0 Å². The van der Waals surface area contributed by atoms with E-state index in [0.29, 0.717) is 13.0 Å². The molecule has 2 N–H and O–H groups in total. The summed E-state index contributed by atoms with van der Waals surface area (Å²) >= 11 is 1.02. The lowest BCUT2D eigenvalue weighted by Crippen LogP contribution is -2.31. The molecule has 0 aliphatic carbocycles. The van der Waals surface area contributed by atoms with Crippen molar-refractivity contribution < 1.29 is 14.4 Å². The van der Waals surface area contributed by atoms with Gasteiger partial charge in [0.2, 0.25) is 5.91 Å². The van der Waals surface area contributed by atoms with Crippen molar-refractivity contribution >= 4 is 45.4 Å². The average Bonchev–Trinajstić information content (AvgIpc) is 3.21. The van der Waals surface area contributed by atoms with Crippen LogP contribution in [0.15, 0.2) is 91.0 Å². The van der Waals surface area contributed by atoms with Crippen molar-refractivity contribution in [2.45, 2.75) is 18.2 Å². The first-order valence-corrected chi connectivity index (χ1v) is 12.5. The molecule has 4 aromatic carbocycles. The maximum atomic E-state index is 13.1.